The van der Waals surface area contributed by atoms with Gasteiger partial charge in [-0.2, -0.15) is 0 Å². The van der Waals surface area contributed by atoms with Crippen molar-refractivity contribution in [3.05, 3.63) is 42.5 Å². The summed E-state index contributed by atoms with van der Waals surface area (Å²) in [6, 6.07) is 14.1. The van der Waals surface area contributed by atoms with E-state index in [-0.39, 0.29) is 0 Å². The molecule has 1 atom stereocenters. The van der Waals surface area contributed by atoms with Crippen LogP contribution >= 0.6 is 0 Å². The largest absolute Gasteiger partial charge is 0.354 e. The zero-order valence-corrected chi connectivity index (χ0v) is 15.9. The number of nitrogens with zero attached hydrogens (tertiary/aromatic N) is 5. The Morgan fingerprint density at radius 3 is 2.42 bits per heavy atom. The van der Waals surface area contributed by atoms with E-state index in [4.69, 9.17) is 9.97 Å². The fourth-order valence-corrected chi connectivity index (χ4v) is 4.34. The molecule has 0 aliphatic carbocycles. The van der Waals surface area contributed by atoms with Gasteiger partial charge in [-0.15, -0.1) is 0 Å². The summed E-state index contributed by atoms with van der Waals surface area (Å²) in [7, 11) is -0.112. The number of hydrogen-bond acceptors (Lipinski definition) is 4. The molecule has 1 unspecified atom stereocenters. The van der Waals surface area contributed by atoms with Gasteiger partial charge in [0.05, 0.1) is 11.0 Å². The Bertz CT molecular complexity index is 1050. The van der Waals surface area contributed by atoms with Crippen molar-refractivity contribution >= 4 is 32.4 Å². The molecule has 0 radical (unpaired) electrons. The quantitative estimate of drug-likeness (QED) is 0.663. The smallest absolute Gasteiger partial charge is 0.159 e. The number of piperazine rings is 1. The van der Waals surface area contributed by atoms with Gasteiger partial charge in [-0.3, -0.25) is 4.21 Å². The van der Waals surface area contributed by atoms with Crippen molar-refractivity contribution in [3.63, 3.8) is 0 Å². The van der Waals surface area contributed by atoms with Crippen LogP contribution in [-0.2, 0) is 16.8 Å². The first-order valence-corrected chi connectivity index (χ1v) is 10.7. The van der Waals surface area contributed by atoms with Gasteiger partial charge in [0.25, 0.3) is 0 Å². The van der Waals surface area contributed by atoms with Crippen LogP contribution in [-0.4, -0.2) is 61.4 Å². The molecule has 2 aromatic heterocycles. The average molecular weight is 369 g/mol. The standard InChI is InChI=1S/C19H23N5OS/c1-22-17-9-5-4-7-15(17)21-19(22)16-8-6-10-18(20-16)23-11-13-24(14-12-23)26(2,3)25/h4-10H,2,11-14H2,1,3H3. The molecule has 7 heteroatoms. The van der Waals surface area contributed by atoms with Gasteiger partial charge in [0, 0.05) is 49.2 Å². The van der Waals surface area contributed by atoms with Gasteiger partial charge in [-0.05, 0) is 30.1 Å². The van der Waals surface area contributed by atoms with Crippen molar-refractivity contribution in [2.24, 2.45) is 7.05 Å². The van der Waals surface area contributed by atoms with E-state index in [1.54, 1.807) is 6.26 Å². The number of benzene rings is 1. The number of imidazole rings is 1. The maximum absolute atomic E-state index is 12.1. The van der Waals surface area contributed by atoms with E-state index in [0.29, 0.717) is 0 Å². The molecular formula is C19H23N5OS. The molecule has 0 amide bonds. The van der Waals surface area contributed by atoms with Crippen molar-refractivity contribution < 1.29 is 4.21 Å². The molecule has 6 nitrogen and oxygen atoms in total. The Morgan fingerprint density at radius 2 is 1.73 bits per heavy atom. The van der Waals surface area contributed by atoms with Gasteiger partial charge >= 0.3 is 0 Å². The molecule has 136 valence electrons. The average Bonchev–Trinajstić information content (AvgIpc) is 2.98. The van der Waals surface area contributed by atoms with Crippen molar-refractivity contribution in [2.75, 3.05) is 37.3 Å². The summed E-state index contributed by atoms with van der Waals surface area (Å²) in [5, 5.41) is 0. The first kappa shape index (κ1) is 17.1. The minimum atomic E-state index is -2.13. The molecule has 1 aromatic carbocycles. The van der Waals surface area contributed by atoms with Crippen LogP contribution in [0.2, 0.25) is 0 Å². The molecule has 0 spiro atoms. The molecule has 1 aliphatic heterocycles. The maximum atomic E-state index is 12.1. The number of anilines is 1. The van der Waals surface area contributed by atoms with Crippen LogP contribution in [0.25, 0.3) is 22.6 Å². The number of pyridine rings is 1. The van der Waals surface area contributed by atoms with Crippen LogP contribution in [0.1, 0.15) is 0 Å². The minimum absolute atomic E-state index is 0.733. The lowest BCUT2D eigenvalue weighted by Gasteiger charge is -2.35. The summed E-state index contributed by atoms with van der Waals surface area (Å²) >= 11 is 0. The fraction of sp³-hybridized carbons (Fsp3) is 0.316. The molecule has 0 N–H and O–H groups in total. The van der Waals surface area contributed by atoms with E-state index < -0.39 is 9.71 Å². The van der Waals surface area contributed by atoms with E-state index >= 15 is 0 Å². The summed E-state index contributed by atoms with van der Waals surface area (Å²) in [4.78, 5) is 11.8. The summed E-state index contributed by atoms with van der Waals surface area (Å²) in [5.74, 6) is 5.58. The molecule has 3 aromatic rings. The van der Waals surface area contributed by atoms with Crippen LogP contribution in [0.4, 0.5) is 5.82 Å². The summed E-state index contributed by atoms with van der Waals surface area (Å²) in [5.41, 5.74) is 2.93. The van der Waals surface area contributed by atoms with Crippen LogP contribution in [0.5, 0.6) is 0 Å². The topological polar surface area (TPSA) is 54.3 Å². The third-order valence-electron chi connectivity index (χ3n) is 4.86. The summed E-state index contributed by atoms with van der Waals surface area (Å²) in [6.07, 6.45) is 1.70. The lowest BCUT2D eigenvalue weighted by atomic mass is 10.3. The maximum Gasteiger partial charge on any atom is 0.159 e. The SMILES string of the molecule is C=S(C)(=O)N1CCN(c2cccc(-c3nc4ccccc4n3C)n2)CC1. The Morgan fingerprint density at radius 1 is 1.00 bits per heavy atom. The van der Waals surface area contributed by atoms with Crippen LogP contribution < -0.4 is 4.90 Å². The number of aromatic nitrogens is 3. The predicted octanol–water partition coefficient (Wildman–Crippen LogP) is 2.02. The predicted molar refractivity (Wildman–Crippen MR) is 109 cm³/mol. The zero-order chi connectivity index (χ0) is 18.3. The fourth-order valence-electron chi connectivity index (χ4n) is 3.40. The van der Waals surface area contributed by atoms with Gasteiger partial charge < -0.3 is 9.47 Å². The number of hydrogen-bond donors (Lipinski definition) is 0. The normalized spacial score (nSPS) is 18.2. The Labute approximate surface area is 154 Å². The molecule has 3 heterocycles. The van der Waals surface area contributed by atoms with E-state index in [2.05, 4.69) is 21.4 Å². The first-order valence-electron chi connectivity index (χ1n) is 8.64. The molecule has 4 rings (SSSR count). The number of rotatable bonds is 3. The lowest BCUT2D eigenvalue weighted by Crippen LogP contribution is -2.48. The highest BCUT2D eigenvalue weighted by Gasteiger charge is 2.22. The van der Waals surface area contributed by atoms with Crippen molar-refractivity contribution in [2.45, 2.75) is 0 Å². The van der Waals surface area contributed by atoms with Gasteiger partial charge in [-0.1, -0.05) is 18.2 Å². The van der Waals surface area contributed by atoms with Gasteiger partial charge in [0.1, 0.15) is 11.5 Å². The van der Waals surface area contributed by atoms with E-state index in [9.17, 15) is 4.21 Å². The second-order valence-corrected chi connectivity index (χ2v) is 9.17. The van der Waals surface area contributed by atoms with E-state index in [0.717, 1.165) is 54.5 Å². The summed E-state index contributed by atoms with van der Waals surface area (Å²) < 4.78 is 16.2. The minimum Gasteiger partial charge on any atom is -0.354 e. The Hall–Kier alpha value is -2.38. The van der Waals surface area contributed by atoms with Crippen molar-refractivity contribution in [1.29, 1.82) is 0 Å². The highest BCUT2D eigenvalue weighted by atomic mass is 32.2. The second-order valence-electron chi connectivity index (χ2n) is 6.74. The lowest BCUT2D eigenvalue weighted by molar-refractivity contribution is 0.409. The van der Waals surface area contributed by atoms with Gasteiger partial charge in [0.2, 0.25) is 0 Å². The molecular weight excluding hydrogens is 346 g/mol. The van der Waals surface area contributed by atoms with E-state index in [1.165, 1.54) is 0 Å². The highest BCUT2D eigenvalue weighted by molar-refractivity contribution is 7.97. The van der Waals surface area contributed by atoms with Crippen LogP contribution in [0.15, 0.2) is 42.5 Å². The van der Waals surface area contributed by atoms with E-state index in [1.807, 2.05) is 47.8 Å². The van der Waals surface area contributed by atoms with Crippen LogP contribution in [0.3, 0.4) is 0 Å². The zero-order valence-electron chi connectivity index (χ0n) is 15.1. The highest BCUT2D eigenvalue weighted by Crippen LogP contribution is 2.24. The molecule has 0 saturated carbocycles. The third kappa shape index (κ3) is 3.08. The van der Waals surface area contributed by atoms with Crippen molar-refractivity contribution in [3.8, 4) is 11.5 Å². The molecule has 0 bridgehead atoms. The number of fused-ring (bicyclic) bond motifs is 1. The van der Waals surface area contributed by atoms with Crippen LogP contribution in [0, 0.1) is 0 Å². The molecule has 1 fully saturated rings. The Balaban J connectivity index is 1.62. The number of para-hydroxylation sites is 2. The monoisotopic (exact) mass is 369 g/mol. The molecule has 1 aliphatic rings. The number of aryl methyl sites for hydroxylation is 1. The summed E-state index contributed by atoms with van der Waals surface area (Å²) in [6.45, 7) is 3.05. The van der Waals surface area contributed by atoms with Gasteiger partial charge in [-0.25, -0.2) is 14.3 Å². The third-order valence-corrected chi connectivity index (χ3v) is 6.32. The second kappa shape index (κ2) is 6.41. The van der Waals surface area contributed by atoms with Crippen molar-refractivity contribution in [1.82, 2.24) is 18.8 Å². The molecule has 1 saturated heterocycles. The molecule has 26 heavy (non-hydrogen) atoms. The Kier molecular flexibility index (Phi) is 4.20. The van der Waals surface area contributed by atoms with Gasteiger partial charge in [0.15, 0.2) is 5.82 Å². The first-order chi connectivity index (χ1) is 12.4.